The van der Waals surface area contributed by atoms with E-state index in [1.807, 2.05) is 0 Å². The van der Waals surface area contributed by atoms with Crippen LogP contribution in [-0.2, 0) is 14.6 Å². The van der Waals surface area contributed by atoms with Crippen LogP contribution in [-0.4, -0.2) is 22.7 Å². The van der Waals surface area contributed by atoms with Crippen molar-refractivity contribution in [1.82, 2.24) is 0 Å². The van der Waals surface area contributed by atoms with Gasteiger partial charge in [0.25, 0.3) is 2.21 Å². The summed E-state index contributed by atoms with van der Waals surface area (Å²) in [4.78, 5) is 11.4. The molecule has 0 unspecified atom stereocenters. The van der Waals surface area contributed by atoms with Crippen molar-refractivity contribution in [3.63, 3.8) is 0 Å². The summed E-state index contributed by atoms with van der Waals surface area (Å²) in [5.74, 6) is -0.499. The van der Waals surface area contributed by atoms with E-state index in [1.165, 1.54) is 22.6 Å². The molecule has 0 amide bonds. The van der Waals surface area contributed by atoms with Crippen LogP contribution in [0, 0.1) is 5.92 Å². The Morgan fingerprint density at radius 3 is 2.25 bits per heavy atom. The highest BCUT2D eigenvalue weighted by Crippen LogP contribution is 2.42. The third-order valence-corrected chi connectivity index (χ3v) is 6.79. The lowest BCUT2D eigenvalue weighted by molar-refractivity contribution is -0.118. The summed E-state index contributed by atoms with van der Waals surface area (Å²) in [6.07, 6.45) is 2.52. The van der Waals surface area contributed by atoms with Crippen LogP contribution >= 0.6 is 34.2 Å². The largest absolute Gasteiger partial charge is 0.295 e. The number of ketones is 1. The molecule has 0 N–H and O–H groups in total. The zero-order valence-electron chi connectivity index (χ0n) is 6.38. The molecular weight excluding hydrogens is 314 g/mol. The minimum absolute atomic E-state index is 0.130. The fourth-order valence-electron chi connectivity index (χ4n) is 0.766. The molecule has 0 aromatic rings. The molecule has 70 valence electrons. The Bertz CT molecular complexity index is 305. The standard InChI is InChI=1S/C6H8ClIO3S/c1-12(10,11)6(7,8)5(9)4-2-3-4/h4H,2-3H2,1H3/t6-/m1/s1. The normalized spacial score (nSPS) is 23.2. The highest BCUT2D eigenvalue weighted by molar-refractivity contribution is 14.1. The van der Waals surface area contributed by atoms with E-state index >= 15 is 0 Å². The molecule has 1 aliphatic rings. The van der Waals surface area contributed by atoms with Gasteiger partial charge in [0.15, 0.2) is 15.6 Å². The zero-order chi connectivity index (χ0) is 9.57. The van der Waals surface area contributed by atoms with Gasteiger partial charge in [-0.25, -0.2) is 8.42 Å². The number of rotatable bonds is 3. The van der Waals surface area contributed by atoms with Crippen molar-refractivity contribution in [2.45, 2.75) is 15.1 Å². The monoisotopic (exact) mass is 322 g/mol. The van der Waals surface area contributed by atoms with Crippen LogP contribution in [0.3, 0.4) is 0 Å². The van der Waals surface area contributed by atoms with Gasteiger partial charge < -0.3 is 0 Å². The number of carbonyl (C=O) groups is 1. The van der Waals surface area contributed by atoms with Crippen LogP contribution in [0.5, 0.6) is 0 Å². The molecule has 0 spiro atoms. The molecule has 6 heteroatoms. The Kier molecular flexibility index (Phi) is 2.76. The van der Waals surface area contributed by atoms with Gasteiger partial charge in [-0.15, -0.1) is 0 Å². The first kappa shape index (κ1) is 10.7. The van der Waals surface area contributed by atoms with Gasteiger partial charge in [0.05, 0.1) is 0 Å². The van der Waals surface area contributed by atoms with Crippen LogP contribution in [0.2, 0.25) is 0 Å². The average Bonchev–Trinajstić information content (AvgIpc) is 2.64. The molecule has 0 aromatic carbocycles. The lowest BCUT2D eigenvalue weighted by Gasteiger charge is -2.15. The highest BCUT2D eigenvalue weighted by atomic mass is 127. The third-order valence-electron chi connectivity index (χ3n) is 1.70. The zero-order valence-corrected chi connectivity index (χ0v) is 10.1. The predicted octanol–water partition coefficient (Wildman–Crippen LogP) is 1.34. The summed E-state index contributed by atoms with van der Waals surface area (Å²) >= 11 is 7.14. The van der Waals surface area contributed by atoms with Crippen LogP contribution < -0.4 is 0 Å². The van der Waals surface area contributed by atoms with E-state index in [1.54, 1.807) is 0 Å². The van der Waals surface area contributed by atoms with Crippen molar-refractivity contribution in [3.8, 4) is 0 Å². The fourth-order valence-corrected chi connectivity index (χ4v) is 1.89. The van der Waals surface area contributed by atoms with E-state index in [2.05, 4.69) is 0 Å². The first-order valence-electron chi connectivity index (χ1n) is 3.38. The van der Waals surface area contributed by atoms with Gasteiger partial charge in [0, 0.05) is 12.2 Å². The molecular formula is C6H8ClIO3S. The molecule has 3 nitrogen and oxygen atoms in total. The van der Waals surface area contributed by atoms with Crippen molar-refractivity contribution >= 4 is 49.8 Å². The number of alkyl halides is 2. The van der Waals surface area contributed by atoms with Crippen molar-refractivity contribution in [2.75, 3.05) is 6.26 Å². The summed E-state index contributed by atoms with van der Waals surface area (Å²) in [5.41, 5.74) is 0. The SMILES string of the molecule is CS(=O)(=O)[C@](Cl)(I)C(=O)C1CC1. The van der Waals surface area contributed by atoms with Crippen LogP contribution in [0.15, 0.2) is 0 Å². The molecule has 1 rings (SSSR count). The third kappa shape index (κ3) is 1.93. The average molecular weight is 323 g/mol. The van der Waals surface area contributed by atoms with Gasteiger partial charge in [-0.1, -0.05) is 11.6 Å². The minimum atomic E-state index is -3.50. The molecule has 0 saturated heterocycles. The van der Waals surface area contributed by atoms with Crippen LogP contribution in [0.4, 0.5) is 0 Å². The first-order chi connectivity index (χ1) is 5.27. The molecule has 0 aliphatic heterocycles. The second-order valence-electron chi connectivity index (χ2n) is 2.93. The van der Waals surface area contributed by atoms with E-state index in [9.17, 15) is 13.2 Å². The van der Waals surface area contributed by atoms with Crippen molar-refractivity contribution in [3.05, 3.63) is 0 Å². The minimum Gasteiger partial charge on any atom is -0.295 e. The van der Waals surface area contributed by atoms with Gasteiger partial charge in [-0.2, -0.15) is 0 Å². The van der Waals surface area contributed by atoms with Crippen molar-refractivity contribution in [1.29, 1.82) is 0 Å². The number of halogens is 2. The maximum atomic E-state index is 11.4. The Morgan fingerprint density at radius 1 is 1.58 bits per heavy atom. The van der Waals surface area contributed by atoms with Gasteiger partial charge >= 0.3 is 0 Å². The number of hydrogen-bond donors (Lipinski definition) is 0. The first-order valence-corrected chi connectivity index (χ1v) is 6.73. The predicted molar refractivity (Wildman–Crippen MR) is 55.2 cm³/mol. The van der Waals surface area contributed by atoms with Gasteiger partial charge in [0.2, 0.25) is 0 Å². The Hall–Kier alpha value is 0.640. The lowest BCUT2D eigenvalue weighted by atomic mass is 10.3. The molecule has 1 aliphatic carbocycles. The molecule has 0 heterocycles. The fraction of sp³-hybridized carbons (Fsp3) is 0.833. The van der Waals surface area contributed by atoms with E-state index in [0.29, 0.717) is 0 Å². The van der Waals surface area contributed by atoms with E-state index in [4.69, 9.17) is 11.6 Å². The summed E-state index contributed by atoms with van der Waals surface area (Å²) in [6.45, 7) is 0. The molecule has 1 fully saturated rings. The summed E-state index contributed by atoms with van der Waals surface area (Å²) in [7, 11) is -3.50. The Balaban J connectivity index is 2.91. The van der Waals surface area contributed by atoms with E-state index in [-0.39, 0.29) is 11.7 Å². The number of sulfone groups is 1. The molecule has 12 heavy (non-hydrogen) atoms. The maximum absolute atomic E-state index is 11.4. The number of carbonyl (C=O) groups excluding carboxylic acids is 1. The smallest absolute Gasteiger partial charge is 0.252 e. The second kappa shape index (κ2) is 3.09. The van der Waals surface area contributed by atoms with Crippen molar-refractivity contribution < 1.29 is 13.2 Å². The molecule has 0 bridgehead atoms. The Morgan fingerprint density at radius 2 is 2.00 bits per heavy atom. The summed E-state index contributed by atoms with van der Waals surface area (Å²) in [6, 6.07) is 0. The topological polar surface area (TPSA) is 51.2 Å². The highest BCUT2D eigenvalue weighted by Gasteiger charge is 2.49. The molecule has 1 atom stereocenters. The number of Topliss-reactive ketones (excluding diaryl/α,β-unsaturated/α-hetero) is 1. The lowest BCUT2D eigenvalue weighted by Crippen LogP contribution is -2.35. The molecule has 1 saturated carbocycles. The van der Waals surface area contributed by atoms with Gasteiger partial charge in [-0.05, 0) is 35.4 Å². The maximum Gasteiger partial charge on any atom is 0.252 e. The second-order valence-corrected chi connectivity index (χ2v) is 8.86. The van der Waals surface area contributed by atoms with E-state index in [0.717, 1.165) is 19.1 Å². The van der Waals surface area contributed by atoms with Crippen LogP contribution in [0.1, 0.15) is 12.8 Å². The molecule has 0 aromatic heterocycles. The van der Waals surface area contributed by atoms with Gasteiger partial charge in [0.1, 0.15) is 0 Å². The van der Waals surface area contributed by atoms with Gasteiger partial charge in [-0.3, -0.25) is 4.79 Å². The quantitative estimate of drug-likeness (QED) is 0.582. The molecule has 0 radical (unpaired) electrons. The summed E-state index contributed by atoms with van der Waals surface area (Å²) in [5, 5.41) is 0. The van der Waals surface area contributed by atoms with E-state index < -0.39 is 12.1 Å². The Labute approximate surface area is 89.9 Å². The number of hydrogen-bond acceptors (Lipinski definition) is 3. The summed E-state index contributed by atoms with van der Waals surface area (Å²) < 4.78 is 20.4. The van der Waals surface area contributed by atoms with Crippen LogP contribution in [0.25, 0.3) is 0 Å². The van der Waals surface area contributed by atoms with Crippen molar-refractivity contribution in [2.24, 2.45) is 5.92 Å².